The Morgan fingerprint density at radius 3 is 2.68 bits per heavy atom. The number of rotatable bonds is 5. The number of aromatic nitrogens is 1. The fourth-order valence-corrected chi connectivity index (χ4v) is 2.20. The predicted octanol–water partition coefficient (Wildman–Crippen LogP) is 2.36. The van der Waals surface area contributed by atoms with Crippen LogP contribution >= 0.6 is 0 Å². The second-order valence-electron chi connectivity index (χ2n) is 5.07. The van der Waals surface area contributed by atoms with Gasteiger partial charge in [-0.3, -0.25) is 14.6 Å². The maximum atomic E-state index is 12.0. The van der Waals surface area contributed by atoms with Gasteiger partial charge in [0, 0.05) is 18.7 Å². The van der Waals surface area contributed by atoms with Gasteiger partial charge in [-0.05, 0) is 44.5 Å². The minimum absolute atomic E-state index is 0.170. The predicted molar refractivity (Wildman–Crippen MR) is 82.7 cm³/mol. The number of hydrogen-bond acceptors (Lipinski definition) is 4. The number of hydrogen-bond donors (Lipinski definition) is 2. The van der Waals surface area contributed by atoms with Crippen LogP contribution in [0.1, 0.15) is 33.9 Å². The van der Waals surface area contributed by atoms with Crippen molar-refractivity contribution >= 4 is 17.5 Å². The topological polar surface area (TPSA) is 84.2 Å². The maximum Gasteiger partial charge on any atom is 0.286 e. The third kappa shape index (κ3) is 3.94. The SMILES string of the molecule is Cc1cc(C)c(NC(=O)CCNC(=O)c2ccco2)c(C)n1. The molecule has 2 rings (SSSR count). The van der Waals surface area contributed by atoms with Gasteiger partial charge in [0.15, 0.2) is 5.76 Å². The van der Waals surface area contributed by atoms with Crippen LogP contribution in [0.4, 0.5) is 5.69 Å². The molecule has 0 saturated heterocycles. The van der Waals surface area contributed by atoms with Gasteiger partial charge >= 0.3 is 0 Å². The van der Waals surface area contributed by atoms with E-state index < -0.39 is 0 Å². The molecule has 0 atom stereocenters. The van der Waals surface area contributed by atoms with Crippen LogP contribution in [0.3, 0.4) is 0 Å². The smallest absolute Gasteiger partial charge is 0.286 e. The average Bonchev–Trinajstić information content (AvgIpc) is 2.97. The summed E-state index contributed by atoms with van der Waals surface area (Å²) >= 11 is 0. The third-order valence-electron chi connectivity index (χ3n) is 3.17. The van der Waals surface area contributed by atoms with Gasteiger partial charge in [-0.25, -0.2) is 0 Å². The molecule has 0 fully saturated rings. The summed E-state index contributed by atoms with van der Waals surface area (Å²) < 4.78 is 4.97. The van der Waals surface area contributed by atoms with Gasteiger partial charge in [0.25, 0.3) is 5.91 Å². The molecule has 22 heavy (non-hydrogen) atoms. The second kappa shape index (κ2) is 6.89. The van der Waals surface area contributed by atoms with Crippen molar-refractivity contribution in [2.45, 2.75) is 27.2 Å². The summed E-state index contributed by atoms with van der Waals surface area (Å²) in [6.45, 7) is 5.93. The van der Waals surface area contributed by atoms with Crippen LogP contribution in [-0.4, -0.2) is 23.3 Å². The van der Waals surface area contributed by atoms with E-state index in [-0.39, 0.29) is 30.5 Å². The van der Waals surface area contributed by atoms with Gasteiger partial charge in [0.05, 0.1) is 17.6 Å². The Balaban J connectivity index is 1.85. The fraction of sp³-hybridized carbons (Fsp3) is 0.312. The molecule has 0 bridgehead atoms. The Labute approximate surface area is 128 Å². The number of aryl methyl sites for hydroxylation is 3. The summed E-state index contributed by atoms with van der Waals surface area (Å²) in [5, 5.41) is 5.47. The number of furan rings is 1. The minimum Gasteiger partial charge on any atom is -0.459 e. The van der Waals surface area contributed by atoms with Gasteiger partial charge in [0.2, 0.25) is 5.91 Å². The highest BCUT2D eigenvalue weighted by molar-refractivity contribution is 5.94. The lowest BCUT2D eigenvalue weighted by Gasteiger charge is -2.12. The van der Waals surface area contributed by atoms with Crippen molar-refractivity contribution in [1.82, 2.24) is 10.3 Å². The maximum absolute atomic E-state index is 12.0. The Kier molecular flexibility index (Phi) is 4.93. The molecule has 0 unspecified atom stereocenters. The Hall–Kier alpha value is -2.63. The Morgan fingerprint density at radius 1 is 1.27 bits per heavy atom. The lowest BCUT2D eigenvalue weighted by atomic mass is 10.1. The molecule has 0 saturated carbocycles. The summed E-state index contributed by atoms with van der Waals surface area (Å²) in [6, 6.07) is 5.12. The Morgan fingerprint density at radius 2 is 2.05 bits per heavy atom. The Bertz CT molecular complexity index is 655. The molecule has 6 heteroatoms. The summed E-state index contributed by atoms with van der Waals surface area (Å²) in [5.74, 6) is -0.270. The molecule has 2 aromatic rings. The van der Waals surface area contributed by atoms with Crippen molar-refractivity contribution in [3.8, 4) is 0 Å². The molecule has 0 aliphatic heterocycles. The number of carbonyl (C=O) groups is 2. The highest BCUT2D eigenvalue weighted by Gasteiger charge is 2.11. The molecule has 0 aromatic carbocycles. The van der Waals surface area contributed by atoms with Crippen LogP contribution in [0, 0.1) is 20.8 Å². The van der Waals surface area contributed by atoms with Gasteiger partial charge in [-0.1, -0.05) is 0 Å². The van der Waals surface area contributed by atoms with E-state index in [1.54, 1.807) is 12.1 Å². The number of anilines is 1. The van der Waals surface area contributed by atoms with E-state index in [2.05, 4.69) is 15.6 Å². The van der Waals surface area contributed by atoms with Crippen LogP contribution in [0.25, 0.3) is 0 Å². The molecular weight excluding hydrogens is 282 g/mol. The lowest BCUT2D eigenvalue weighted by Crippen LogP contribution is -2.27. The van der Waals surface area contributed by atoms with E-state index in [9.17, 15) is 9.59 Å². The zero-order valence-electron chi connectivity index (χ0n) is 12.9. The number of pyridine rings is 1. The number of carbonyl (C=O) groups excluding carboxylic acids is 2. The normalized spacial score (nSPS) is 10.3. The van der Waals surface area contributed by atoms with Crippen LogP contribution in [0.15, 0.2) is 28.9 Å². The zero-order valence-corrected chi connectivity index (χ0v) is 12.9. The zero-order chi connectivity index (χ0) is 16.1. The van der Waals surface area contributed by atoms with Gasteiger partial charge in [-0.15, -0.1) is 0 Å². The molecule has 2 heterocycles. The summed E-state index contributed by atoms with van der Waals surface area (Å²) in [7, 11) is 0. The van der Waals surface area contributed by atoms with E-state index in [4.69, 9.17) is 4.42 Å². The molecule has 0 radical (unpaired) electrons. The molecule has 2 N–H and O–H groups in total. The highest BCUT2D eigenvalue weighted by atomic mass is 16.3. The minimum atomic E-state index is -0.331. The van der Waals surface area contributed by atoms with Gasteiger partial charge < -0.3 is 15.1 Å². The van der Waals surface area contributed by atoms with E-state index in [0.29, 0.717) is 0 Å². The molecule has 0 aliphatic rings. The summed E-state index contributed by atoms with van der Waals surface area (Å²) in [5.41, 5.74) is 3.40. The highest BCUT2D eigenvalue weighted by Crippen LogP contribution is 2.19. The van der Waals surface area contributed by atoms with Crippen molar-refractivity contribution in [3.05, 3.63) is 47.2 Å². The first kappa shape index (κ1) is 15.8. The largest absolute Gasteiger partial charge is 0.459 e. The van der Waals surface area contributed by atoms with E-state index in [1.165, 1.54) is 6.26 Å². The van der Waals surface area contributed by atoms with Gasteiger partial charge in [0.1, 0.15) is 0 Å². The quantitative estimate of drug-likeness (QED) is 0.888. The number of amides is 2. The molecular formula is C16H19N3O3. The van der Waals surface area contributed by atoms with E-state index >= 15 is 0 Å². The fourth-order valence-electron chi connectivity index (χ4n) is 2.20. The molecule has 0 spiro atoms. The second-order valence-corrected chi connectivity index (χ2v) is 5.07. The first-order valence-corrected chi connectivity index (χ1v) is 7.04. The standard InChI is InChI=1S/C16H19N3O3/c1-10-9-11(2)18-12(3)15(10)19-14(20)6-7-17-16(21)13-5-4-8-22-13/h4-5,8-9H,6-7H2,1-3H3,(H,17,21)(H,19,20). The summed E-state index contributed by atoms with van der Waals surface area (Å²) in [6.07, 6.45) is 1.61. The monoisotopic (exact) mass is 301 g/mol. The van der Waals surface area contributed by atoms with Crippen molar-refractivity contribution in [2.24, 2.45) is 0 Å². The lowest BCUT2D eigenvalue weighted by molar-refractivity contribution is -0.116. The van der Waals surface area contributed by atoms with Crippen LogP contribution in [0.5, 0.6) is 0 Å². The van der Waals surface area contributed by atoms with Crippen LogP contribution in [-0.2, 0) is 4.79 Å². The van der Waals surface area contributed by atoms with Crippen molar-refractivity contribution in [3.63, 3.8) is 0 Å². The van der Waals surface area contributed by atoms with Crippen LogP contribution in [0.2, 0.25) is 0 Å². The molecule has 2 aromatic heterocycles. The number of nitrogens with zero attached hydrogens (tertiary/aromatic N) is 1. The number of nitrogens with one attached hydrogen (secondary N) is 2. The first-order chi connectivity index (χ1) is 10.5. The van der Waals surface area contributed by atoms with Crippen molar-refractivity contribution < 1.29 is 14.0 Å². The summed E-state index contributed by atoms with van der Waals surface area (Å²) in [4.78, 5) is 27.9. The molecule has 2 amide bonds. The van der Waals surface area contributed by atoms with E-state index in [0.717, 1.165) is 22.6 Å². The van der Waals surface area contributed by atoms with Crippen molar-refractivity contribution in [2.75, 3.05) is 11.9 Å². The van der Waals surface area contributed by atoms with Crippen LogP contribution < -0.4 is 10.6 Å². The first-order valence-electron chi connectivity index (χ1n) is 7.04. The van der Waals surface area contributed by atoms with Crippen molar-refractivity contribution in [1.29, 1.82) is 0 Å². The molecule has 0 aliphatic carbocycles. The third-order valence-corrected chi connectivity index (χ3v) is 3.17. The average molecular weight is 301 g/mol. The molecule has 6 nitrogen and oxygen atoms in total. The van der Waals surface area contributed by atoms with Gasteiger partial charge in [-0.2, -0.15) is 0 Å². The molecule has 116 valence electrons. The van der Waals surface area contributed by atoms with E-state index in [1.807, 2.05) is 26.8 Å².